The van der Waals surface area contributed by atoms with Crippen molar-refractivity contribution in [1.82, 2.24) is 5.32 Å². The fraction of sp³-hybridized carbons (Fsp3) is 0.571. The molecule has 2 atom stereocenters. The Morgan fingerprint density at radius 2 is 2.32 bits per heavy atom. The van der Waals surface area contributed by atoms with Gasteiger partial charge in [-0.25, -0.2) is 0 Å². The van der Waals surface area contributed by atoms with Crippen LogP contribution in [0.4, 0.5) is 0 Å². The molecule has 0 fully saturated rings. The largest absolute Gasteiger partial charge is 0.493 e. The minimum Gasteiger partial charge on any atom is -0.493 e. The van der Waals surface area contributed by atoms with Gasteiger partial charge in [-0.1, -0.05) is 22.9 Å². The highest BCUT2D eigenvalue weighted by molar-refractivity contribution is 9.10. The molecule has 1 heterocycles. The normalized spacial score (nSPS) is 16.8. The van der Waals surface area contributed by atoms with Crippen LogP contribution in [0.25, 0.3) is 0 Å². The van der Waals surface area contributed by atoms with E-state index in [9.17, 15) is 4.21 Å². The molecule has 1 N–H and O–H groups in total. The van der Waals surface area contributed by atoms with Crippen LogP contribution in [0, 0.1) is 0 Å². The maximum atomic E-state index is 11.3. The predicted octanol–water partition coefficient (Wildman–Crippen LogP) is 2.63. The Hall–Kier alpha value is -0.390. The molecule has 0 spiro atoms. The van der Waals surface area contributed by atoms with Gasteiger partial charge in [-0.15, -0.1) is 0 Å². The van der Waals surface area contributed by atoms with Crippen LogP contribution in [-0.4, -0.2) is 28.9 Å². The van der Waals surface area contributed by atoms with Gasteiger partial charge in [-0.2, -0.15) is 0 Å². The Bertz CT molecular complexity index is 479. The van der Waals surface area contributed by atoms with Gasteiger partial charge in [0.05, 0.1) is 6.61 Å². The summed E-state index contributed by atoms with van der Waals surface area (Å²) in [6.07, 6.45) is 3.69. The Kier molecular flexibility index (Phi) is 5.42. The molecular weight excluding hydrogens is 326 g/mol. The Balaban J connectivity index is 1.88. The van der Waals surface area contributed by atoms with E-state index < -0.39 is 10.8 Å². The molecular formula is C14H20BrNO2S. The van der Waals surface area contributed by atoms with Crippen LogP contribution in [0.3, 0.4) is 0 Å². The summed E-state index contributed by atoms with van der Waals surface area (Å²) in [7, 11) is -0.734. The van der Waals surface area contributed by atoms with Gasteiger partial charge in [0.15, 0.2) is 0 Å². The first-order valence-electron chi connectivity index (χ1n) is 6.55. The SMILES string of the molecule is C[C@@H](CCNCc1cc(Br)cc2c1OCC2)[S@@](C)=O. The van der Waals surface area contributed by atoms with Crippen molar-refractivity contribution in [2.45, 2.75) is 31.6 Å². The summed E-state index contributed by atoms with van der Waals surface area (Å²) in [4.78, 5) is 0. The summed E-state index contributed by atoms with van der Waals surface area (Å²) in [5.74, 6) is 1.04. The van der Waals surface area contributed by atoms with E-state index >= 15 is 0 Å². The highest BCUT2D eigenvalue weighted by atomic mass is 79.9. The highest BCUT2D eigenvalue weighted by Crippen LogP contribution is 2.32. The lowest BCUT2D eigenvalue weighted by Crippen LogP contribution is -2.21. The van der Waals surface area contributed by atoms with Crippen LogP contribution >= 0.6 is 15.9 Å². The molecule has 2 rings (SSSR count). The predicted molar refractivity (Wildman–Crippen MR) is 83.2 cm³/mol. The maximum Gasteiger partial charge on any atom is 0.127 e. The van der Waals surface area contributed by atoms with Crippen molar-refractivity contribution >= 4 is 26.7 Å². The maximum absolute atomic E-state index is 11.3. The molecule has 0 unspecified atom stereocenters. The highest BCUT2D eigenvalue weighted by Gasteiger charge is 2.17. The summed E-state index contributed by atoms with van der Waals surface area (Å²) in [5.41, 5.74) is 2.49. The number of nitrogens with one attached hydrogen (secondary N) is 1. The number of hydrogen-bond donors (Lipinski definition) is 1. The number of benzene rings is 1. The van der Waals surface area contributed by atoms with Crippen molar-refractivity contribution in [2.75, 3.05) is 19.4 Å². The number of hydrogen-bond acceptors (Lipinski definition) is 3. The first kappa shape index (κ1) is 15.0. The van der Waals surface area contributed by atoms with Crippen LogP contribution in [0.15, 0.2) is 16.6 Å². The van der Waals surface area contributed by atoms with Gasteiger partial charge in [0.1, 0.15) is 5.75 Å². The summed E-state index contributed by atoms with van der Waals surface area (Å²) in [6.45, 7) is 4.48. The van der Waals surface area contributed by atoms with Crippen LogP contribution in [0.1, 0.15) is 24.5 Å². The Morgan fingerprint density at radius 1 is 1.53 bits per heavy atom. The van der Waals surface area contributed by atoms with Gasteiger partial charge in [0, 0.05) is 45.3 Å². The lowest BCUT2D eigenvalue weighted by atomic mass is 10.1. The van der Waals surface area contributed by atoms with E-state index in [1.54, 1.807) is 6.26 Å². The van der Waals surface area contributed by atoms with Crippen LogP contribution < -0.4 is 10.1 Å². The van der Waals surface area contributed by atoms with Crippen molar-refractivity contribution in [3.63, 3.8) is 0 Å². The number of halogens is 1. The molecule has 0 bridgehead atoms. The molecule has 1 aliphatic heterocycles. The van der Waals surface area contributed by atoms with Gasteiger partial charge in [-0.3, -0.25) is 4.21 Å². The van der Waals surface area contributed by atoms with E-state index in [1.165, 1.54) is 11.1 Å². The third-order valence-corrected chi connectivity index (χ3v) is 5.26. The molecule has 0 saturated heterocycles. The second-order valence-electron chi connectivity index (χ2n) is 4.93. The molecule has 106 valence electrons. The topological polar surface area (TPSA) is 38.3 Å². The summed E-state index contributed by atoms with van der Waals surface area (Å²) in [5, 5.41) is 3.66. The third-order valence-electron chi connectivity index (χ3n) is 3.44. The van der Waals surface area contributed by atoms with E-state index in [1.807, 2.05) is 6.92 Å². The van der Waals surface area contributed by atoms with Gasteiger partial charge in [0.2, 0.25) is 0 Å². The molecule has 5 heteroatoms. The first-order chi connectivity index (χ1) is 9.08. The molecule has 0 radical (unpaired) electrons. The fourth-order valence-electron chi connectivity index (χ4n) is 2.17. The summed E-state index contributed by atoms with van der Waals surface area (Å²) < 4.78 is 18.1. The fourth-order valence-corrected chi connectivity index (χ4v) is 3.17. The molecule has 1 aliphatic rings. The second-order valence-corrected chi connectivity index (χ2v) is 7.64. The molecule has 0 aromatic heterocycles. The van der Waals surface area contributed by atoms with E-state index in [-0.39, 0.29) is 5.25 Å². The zero-order chi connectivity index (χ0) is 13.8. The van der Waals surface area contributed by atoms with E-state index in [4.69, 9.17) is 4.74 Å². The van der Waals surface area contributed by atoms with Gasteiger partial charge >= 0.3 is 0 Å². The zero-order valence-corrected chi connectivity index (χ0v) is 13.8. The Labute approximate surface area is 125 Å². The zero-order valence-electron chi connectivity index (χ0n) is 11.4. The average Bonchev–Trinajstić information content (AvgIpc) is 2.81. The molecule has 19 heavy (non-hydrogen) atoms. The lowest BCUT2D eigenvalue weighted by molar-refractivity contribution is 0.352. The minimum atomic E-state index is -0.734. The minimum absolute atomic E-state index is 0.247. The number of ether oxygens (including phenoxy) is 1. The summed E-state index contributed by atoms with van der Waals surface area (Å²) >= 11 is 3.54. The quantitative estimate of drug-likeness (QED) is 0.805. The van der Waals surface area contributed by atoms with Crippen molar-refractivity contribution in [3.05, 3.63) is 27.7 Å². The standard InChI is InChI=1S/C14H20BrNO2S/c1-10(19(2)17)3-5-16-9-12-8-13(15)7-11-4-6-18-14(11)12/h7-8,10,16H,3-6,9H2,1-2H3/t10-,19+/m0/s1. The van der Waals surface area contributed by atoms with Crippen molar-refractivity contribution in [1.29, 1.82) is 0 Å². The molecule has 0 saturated carbocycles. The van der Waals surface area contributed by atoms with Crippen molar-refractivity contribution < 1.29 is 8.95 Å². The van der Waals surface area contributed by atoms with Crippen LogP contribution in [-0.2, 0) is 23.8 Å². The number of rotatable bonds is 6. The van der Waals surface area contributed by atoms with Gasteiger partial charge < -0.3 is 10.1 Å². The molecule has 1 aromatic rings. The molecule has 3 nitrogen and oxygen atoms in total. The summed E-state index contributed by atoms with van der Waals surface area (Å²) in [6, 6.07) is 4.24. The van der Waals surface area contributed by atoms with E-state index in [2.05, 4.69) is 33.4 Å². The lowest BCUT2D eigenvalue weighted by Gasteiger charge is -2.12. The van der Waals surface area contributed by atoms with Crippen LogP contribution in [0.5, 0.6) is 5.75 Å². The van der Waals surface area contributed by atoms with Crippen molar-refractivity contribution in [3.8, 4) is 5.75 Å². The molecule has 0 aliphatic carbocycles. The Morgan fingerprint density at radius 3 is 3.05 bits per heavy atom. The monoisotopic (exact) mass is 345 g/mol. The van der Waals surface area contributed by atoms with E-state index in [0.717, 1.165) is 42.8 Å². The second kappa shape index (κ2) is 6.86. The van der Waals surface area contributed by atoms with E-state index in [0.29, 0.717) is 0 Å². The molecule has 0 amide bonds. The average molecular weight is 346 g/mol. The number of fused-ring (bicyclic) bond motifs is 1. The van der Waals surface area contributed by atoms with Crippen molar-refractivity contribution in [2.24, 2.45) is 0 Å². The van der Waals surface area contributed by atoms with Gasteiger partial charge in [0.25, 0.3) is 0 Å². The molecule has 1 aromatic carbocycles. The van der Waals surface area contributed by atoms with Crippen LogP contribution in [0.2, 0.25) is 0 Å². The third kappa shape index (κ3) is 4.04. The smallest absolute Gasteiger partial charge is 0.127 e. The first-order valence-corrected chi connectivity index (χ1v) is 8.96. The van der Waals surface area contributed by atoms with Gasteiger partial charge in [-0.05, 0) is 30.7 Å².